The maximum atomic E-state index is 12.9. The molecule has 0 saturated carbocycles. The van der Waals surface area contributed by atoms with Crippen molar-refractivity contribution in [1.82, 2.24) is 0 Å². The minimum Gasteiger partial charge on any atom is -0.484 e. The summed E-state index contributed by atoms with van der Waals surface area (Å²) in [6, 6.07) is 12.2. The average Bonchev–Trinajstić information content (AvgIpc) is 2.62. The summed E-state index contributed by atoms with van der Waals surface area (Å²) in [5, 5.41) is 0. The van der Waals surface area contributed by atoms with Gasteiger partial charge in [0.05, 0.1) is 17.9 Å². The first-order valence-electron chi connectivity index (χ1n) is 8.01. The zero-order valence-electron chi connectivity index (χ0n) is 14.2. The average molecular weight is 345 g/mol. The second kappa shape index (κ2) is 8.82. The number of hydrogen-bond donors (Lipinski definition) is 0. The molecular formula is C19H20FNO4. The Kier molecular flexibility index (Phi) is 6.51. The van der Waals surface area contributed by atoms with Crippen LogP contribution in [0.4, 0.5) is 10.1 Å². The third-order valence-electron chi connectivity index (χ3n) is 3.48. The van der Waals surface area contributed by atoms with Gasteiger partial charge in [0, 0.05) is 6.54 Å². The highest BCUT2D eigenvalue weighted by Gasteiger charge is 2.21. The van der Waals surface area contributed by atoms with E-state index in [1.165, 1.54) is 29.2 Å². The van der Waals surface area contributed by atoms with Crippen LogP contribution in [0.15, 0.2) is 48.5 Å². The normalized spacial score (nSPS) is 10.2. The van der Waals surface area contributed by atoms with Gasteiger partial charge in [-0.2, -0.15) is 0 Å². The van der Waals surface area contributed by atoms with Gasteiger partial charge in [-0.15, -0.1) is 0 Å². The Bertz CT molecular complexity index is 730. The van der Waals surface area contributed by atoms with E-state index in [9.17, 15) is 14.0 Å². The number of ether oxygens (including phenoxy) is 2. The molecular weight excluding hydrogens is 325 g/mol. The number of rotatable bonds is 7. The standard InChI is InChI=1S/C19H20FNO4/c1-3-21(17-8-6-5-7-16(17)19(23)24-4-2)18(22)13-25-15-11-9-14(20)10-12-15/h5-12H,3-4,13H2,1-2H3. The van der Waals surface area contributed by atoms with Gasteiger partial charge in [-0.05, 0) is 50.2 Å². The number of anilines is 1. The summed E-state index contributed by atoms with van der Waals surface area (Å²) in [6.07, 6.45) is 0. The number of amides is 1. The number of esters is 1. The molecule has 25 heavy (non-hydrogen) atoms. The first kappa shape index (κ1) is 18.4. The molecule has 0 bridgehead atoms. The summed E-state index contributed by atoms with van der Waals surface area (Å²) in [5.41, 5.74) is 0.789. The monoisotopic (exact) mass is 345 g/mol. The number of carbonyl (C=O) groups is 2. The summed E-state index contributed by atoms with van der Waals surface area (Å²) in [4.78, 5) is 26.1. The third kappa shape index (κ3) is 4.79. The fourth-order valence-electron chi connectivity index (χ4n) is 2.33. The van der Waals surface area contributed by atoms with Crippen molar-refractivity contribution >= 4 is 17.6 Å². The highest BCUT2D eigenvalue weighted by molar-refractivity contribution is 6.03. The van der Waals surface area contributed by atoms with Crippen molar-refractivity contribution in [1.29, 1.82) is 0 Å². The van der Waals surface area contributed by atoms with E-state index in [1.54, 1.807) is 38.1 Å². The number of hydrogen-bond acceptors (Lipinski definition) is 4. The lowest BCUT2D eigenvalue weighted by atomic mass is 10.1. The van der Waals surface area contributed by atoms with E-state index in [4.69, 9.17) is 9.47 Å². The third-order valence-corrected chi connectivity index (χ3v) is 3.48. The molecule has 2 rings (SSSR count). The number of nitrogens with zero attached hydrogens (tertiary/aromatic N) is 1. The van der Waals surface area contributed by atoms with Crippen molar-refractivity contribution in [3.05, 3.63) is 59.9 Å². The van der Waals surface area contributed by atoms with Gasteiger partial charge in [0.25, 0.3) is 5.91 Å². The van der Waals surface area contributed by atoms with Gasteiger partial charge in [0.2, 0.25) is 0 Å². The second-order valence-electron chi connectivity index (χ2n) is 5.12. The molecule has 2 aromatic carbocycles. The van der Waals surface area contributed by atoms with Gasteiger partial charge in [0.1, 0.15) is 11.6 Å². The molecule has 0 aliphatic heterocycles. The van der Waals surface area contributed by atoms with E-state index in [0.717, 1.165) is 0 Å². The van der Waals surface area contributed by atoms with Crippen LogP contribution in [0.1, 0.15) is 24.2 Å². The maximum Gasteiger partial charge on any atom is 0.340 e. The molecule has 5 nitrogen and oxygen atoms in total. The predicted octanol–water partition coefficient (Wildman–Crippen LogP) is 3.43. The molecule has 0 unspecified atom stereocenters. The van der Waals surface area contributed by atoms with E-state index in [1.807, 2.05) is 0 Å². The van der Waals surface area contributed by atoms with Gasteiger partial charge in [-0.25, -0.2) is 9.18 Å². The van der Waals surface area contributed by atoms with Crippen molar-refractivity contribution in [2.45, 2.75) is 13.8 Å². The van der Waals surface area contributed by atoms with Gasteiger partial charge in [0.15, 0.2) is 6.61 Å². The van der Waals surface area contributed by atoms with E-state index in [-0.39, 0.29) is 24.9 Å². The van der Waals surface area contributed by atoms with E-state index >= 15 is 0 Å². The Balaban J connectivity index is 2.14. The molecule has 0 aliphatic carbocycles. The van der Waals surface area contributed by atoms with Crippen molar-refractivity contribution in [3.63, 3.8) is 0 Å². The molecule has 0 N–H and O–H groups in total. The zero-order chi connectivity index (χ0) is 18.2. The molecule has 1 amide bonds. The van der Waals surface area contributed by atoms with Crippen molar-refractivity contribution < 1.29 is 23.5 Å². The van der Waals surface area contributed by atoms with E-state index < -0.39 is 5.97 Å². The fraction of sp³-hybridized carbons (Fsp3) is 0.263. The predicted molar refractivity (Wildman–Crippen MR) is 92.3 cm³/mol. The van der Waals surface area contributed by atoms with Gasteiger partial charge < -0.3 is 14.4 Å². The highest BCUT2D eigenvalue weighted by Crippen LogP contribution is 2.22. The van der Waals surface area contributed by atoms with Crippen LogP contribution >= 0.6 is 0 Å². The van der Waals surface area contributed by atoms with Crippen LogP contribution in [-0.2, 0) is 9.53 Å². The number of benzene rings is 2. The summed E-state index contributed by atoms with van der Waals surface area (Å²) in [6.45, 7) is 3.91. The number of halogens is 1. The molecule has 0 aromatic heterocycles. The van der Waals surface area contributed by atoms with Gasteiger partial charge in [-0.1, -0.05) is 12.1 Å². The molecule has 6 heteroatoms. The lowest BCUT2D eigenvalue weighted by Crippen LogP contribution is -2.36. The Hall–Kier alpha value is -2.89. The van der Waals surface area contributed by atoms with Crippen LogP contribution in [0.25, 0.3) is 0 Å². The second-order valence-corrected chi connectivity index (χ2v) is 5.12. The minimum atomic E-state index is -0.483. The largest absolute Gasteiger partial charge is 0.484 e. The molecule has 2 aromatic rings. The quantitative estimate of drug-likeness (QED) is 0.722. The van der Waals surface area contributed by atoms with Crippen LogP contribution in [0.5, 0.6) is 5.75 Å². The van der Waals surface area contributed by atoms with E-state index in [0.29, 0.717) is 23.5 Å². The number of carbonyl (C=O) groups excluding carboxylic acids is 2. The first-order chi connectivity index (χ1) is 12.1. The minimum absolute atomic E-state index is 0.226. The summed E-state index contributed by atoms with van der Waals surface area (Å²) >= 11 is 0. The van der Waals surface area contributed by atoms with Gasteiger partial charge in [-0.3, -0.25) is 4.79 Å². The Morgan fingerprint density at radius 3 is 2.36 bits per heavy atom. The maximum absolute atomic E-state index is 12.9. The van der Waals surface area contributed by atoms with Crippen LogP contribution in [0.2, 0.25) is 0 Å². The van der Waals surface area contributed by atoms with Crippen molar-refractivity contribution in [3.8, 4) is 5.75 Å². The Morgan fingerprint density at radius 1 is 1.04 bits per heavy atom. The molecule has 0 radical (unpaired) electrons. The van der Waals surface area contributed by atoms with Crippen molar-refractivity contribution in [2.24, 2.45) is 0 Å². The SMILES string of the molecule is CCOC(=O)c1ccccc1N(CC)C(=O)COc1ccc(F)cc1. The molecule has 0 heterocycles. The van der Waals surface area contributed by atoms with Crippen molar-refractivity contribution in [2.75, 3.05) is 24.7 Å². The lowest BCUT2D eigenvalue weighted by molar-refractivity contribution is -0.120. The molecule has 0 saturated heterocycles. The number of para-hydroxylation sites is 1. The fourth-order valence-corrected chi connectivity index (χ4v) is 2.33. The lowest BCUT2D eigenvalue weighted by Gasteiger charge is -2.23. The molecule has 0 aliphatic rings. The zero-order valence-corrected chi connectivity index (χ0v) is 14.2. The topological polar surface area (TPSA) is 55.8 Å². The van der Waals surface area contributed by atoms with Crippen LogP contribution in [0, 0.1) is 5.82 Å². The summed E-state index contributed by atoms with van der Waals surface area (Å²) < 4.78 is 23.3. The first-order valence-corrected chi connectivity index (χ1v) is 8.01. The van der Waals surface area contributed by atoms with Crippen LogP contribution in [0.3, 0.4) is 0 Å². The summed E-state index contributed by atoms with van der Waals surface area (Å²) in [7, 11) is 0. The Labute approximate surface area is 146 Å². The van der Waals surface area contributed by atoms with Crippen LogP contribution in [-0.4, -0.2) is 31.6 Å². The van der Waals surface area contributed by atoms with Crippen LogP contribution < -0.4 is 9.64 Å². The summed E-state index contributed by atoms with van der Waals surface area (Å²) in [5.74, 6) is -0.783. The Morgan fingerprint density at radius 2 is 1.72 bits per heavy atom. The van der Waals surface area contributed by atoms with Gasteiger partial charge >= 0.3 is 5.97 Å². The number of likely N-dealkylation sites (N-methyl/N-ethyl adjacent to an activating group) is 1. The highest BCUT2D eigenvalue weighted by atomic mass is 19.1. The smallest absolute Gasteiger partial charge is 0.340 e. The van der Waals surface area contributed by atoms with E-state index in [2.05, 4.69) is 0 Å². The molecule has 0 atom stereocenters. The molecule has 132 valence electrons. The molecule has 0 fully saturated rings. The molecule has 0 spiro atoms.